The van der Waals surface area contributed by atoms with Crippen LogP contribution in [0.5, 0.6) is 0 Å². The van der Waals surface area contributed by atoms with Crippen LogP contribution in [0.2, 0.25) is 0 Å². The molecule has 0 bridgehead atoms. The smallest absolute Gasteiger partial charge is 0.240 e. The molecule has 2 aromatic carbocycles. The van der Waals surface area contributed by atoms with Crippen molar-refractivity contribution in [2.24, 2.45) is 0 Å². The summed E-state index contributed by atoms with van der Waals surface area (Å²) in [6.07, 6.45) is -0.0247. The molecule has 2 N–H and O–H groups in total. The van der Waals surface area contributed by atoms with Crippen molar-refractivity contribution in [2.45, 2.75) is 24.3 Å². The van der Waals surface area contributed by atoms with Crippen LogP contribution in [0, 0.1) is 0 Å². The molecule has 0 radical (unpaired) electrons. The van der Waals surface area contributed by atoms with Gasteiger partial charge < -0.3 is 5.11 Å². The van der Waals surface area contributed by atoms with Crippen molar-refractivity contribution in [3.8, 4) is 0 Å². The van der Waals surface area contributed by atoms with Gasteiger partial charge in [0.1, 0.15) is 0 Å². The Balaban J connectivity index is 1.74. The number of aliphatic hydroxyl groups is 1. The van der Waals surface area contributed by atoms with Gasteiger partial charge in [-0.1, -0.05) is 37.3 Å². The van der Waals surface area contributed by atoms with Crippen molar-refractivity contribution in [3.05, 3.63) is 65.0 Å². The Hall–Kier alpha value is -1.73. The molecule has 0 fully saturated rings. The summed E-state index contributed by atoms with van der Waals surface area (Å²) in [6.45, 7) is 1.96. The van der Waals surface area contributed by atoms with E-state index in [4.69, 9.17) is 0 Å². The Morgan fingerprint density at radius 2 is 1.83 bits per heavy atom. The van der Waals surface area contributed by atoms with Crippen molar-refractivity contribution in [3.63, 3.8) is 0 Å². The fourth-order valence-corrected chi connectivity index (χ4v) is 4.59. The Kier molecular flexibility index (Phi) is 5.01. The zero-order chi connectivity index (χ0) is 17.2. The molecule has 0 spiro atoms. The second-order valence-corrected chi connectivity index (χ2v) is 8.23. The van der Waals surface area contributed by atoms with Crippen LogP contribution >= 0.6 is 11.3 Å². The van der Waals surface area contributed by atoms with Crippen LogP contribution in [-0.4, -0.2) is 20.1 Å². The van der Waals surface area contributed by atoms with Gasteiger partial charge in [0.2, 0.25) is 10.0 Å². The SMILES string of the molecule is CCc1ccc(S(=O)(=O)NCC(O)c2csc3ccccc23)cc1. The second-order valence-electron chi connectivity index (χ2n) is 5.55. The summed E-state index contributed by atoms with van der Waals surface area (Å²) in [7, 11) is -3.63. The molecule has 0 saturated heterocycles. The van der Waals surface area contributed by atoms with Gasteiger partial charge in [-0.3, -0.25) is 0 Å². The van der Waals surface area contributed by atoms with Crippen LogP contribution < -0.4 is 4.72 Å². The highest BCUT2D eigenvalue weighted by Gasteiger charge is 2.18. The molecule has 3 rings (SSSR count). The van der Waals surface area contributed by atoms with E-state index in [1.165, 1.54) is 11.3 Å². The number of sulfonamides is 1. The maximum absolute atomic E-state index is 12.3. The van der Waals surface area contributed by atoms with Crippen LogP contribution in [0.3, 0.4) is 0 Å². The van der Waals surface area contributed by atoms with Gasteiger partial charge in [-0.05, 0) is 40.9 Å². The van der Waals surface area contributed by atoms with Crippen LogP contribution in [0.4, 0.5) is 0 Å². The number of benzene rings is 2. The Morgan fingerprint density at radius 1 is 1.12 bits per heavy atom. The van der Waals surface area contributed by atoms with Gasteiger partial charge in [-0.25, -0.2) is 13.1 Å². The molecule has 24 heavy (non-hydrogen) atoms. The first kappa shape index (κ1) is 17.1. The molecule has 126 valence electrons. The van der Waals surface area contributed by atoms with Gasteiger partial charge in [-0.2, -0.15) is 0 Å². The normalized spacial score (nSPS) is 13.2. The molecule has 0 aliphatic carbocycles. The van der Waals surface area contributed by atoms with Crippen molar-refractivity contribution >= 4 is 31.4 Å². The largest absolute Gasteiger partial charge is 0.387 e. The summed E-state index contributed by atoms with van der Waals surface area (Å²) in [4.78, 5) is 0.210. The molecule has 1 unspecified atom stereocenters. The lowest BCUT2D eigenvalue weighted by atomic mass is 10.1. The molecular formula is C18H19NO3S2. The molecule has 3 aromatic rings. The average Bonchev–Trinajstić information content (AvgIpc) is 3.04. The molecule has 0 aliphatic rings. The summed E-state index contributed by atoms with van der Waals surface area (Å²) in [6, 6.07) is 14.6. The highest BCUT2D eigenvalue weighted by Crippen LogP contribution is 2.30. The van der Waals surface area contributed by atoms with Gasteiger partial charge in [0.25, 0.3) is 0 Å². The van der Waals surface area contributed by atoms with Gasteiger partial charge in [0, 0.05) is 16.8 Å². The zero-order valence-corrected chi connectivity index (χ0v) is 14.9. The Morgan fingerprint density at radius 3 is 2.54 bits per heavy atom. The van der Waals surface area contributed by atoms with Crippen LogP contribution in [0.15, 0.2) is 58.8 Å². The van der Waals surface area contributed by atoms with E-state index in [2.05, 4.69) is 4.72 Å². The van der Waals surface area contributed by atoms with E-state index in [-0.39, 0.29) is 11.4 Å². The van der Waals surface area contributed by atoms with Gasteiger partial charge in [0.15, 0.2) is 0 Å². The molecule has 0 saturated carbocycles. The first-order chi connectivity index (χ1) is 11.5. The van der Waals surface area contributed by atoms with Crippen molar-refractivity contribution in [1.82, 2.24) is 4.72 Å². The number of aryl methyl sites for hydroxylation is 1. The number of nitrogens with one attached hydrogen (secondary N) is 1. The Bertz CT molecular complexity index is 930. The predicted molar refractivity (Wildman–Crippen MR) is 97.8 cm³/mol. The van der Waals surface area contributed by atoms with Gasteiger partial charge in [-0.15, -0.1) is 11.3 Å². The lowest BCUT2D eigenvalue weighted by molar-refractivity contribution is 0.184. The van der Waals surface area contributed by atoms with E-state index in [1.54, 1.807) is 24.3 Å². The lowest BCUT2D eigenvalue weighted by Gasteiger charge is -2.12. The first-order valence-corrected chi connectivity index (χ1v) is 10.1. The molecule has 4 nitrogen and oxygen atoms in total. The van der Waals surface area contributed by atoms with E-state index in [0.717, 1.165) is 27.6 Å². The summed E-state index contributed by atoms with van der Waals surface area (Å²) < 4.78 is 28.3. The third-order valence-electron chi connectivity index (χ3n) is 3.98. The summed E-state index contributed by atoms with van der Waals surface area (Å²) in [5.41, 5.74) is 1.83. The Labute approximate surface area is 145 Å². The molecular weight excluding hydrogens is 342 g/mol. The van der Waals surface area contributed by atoms with Crippen molar-refractivity contribution < 1.29 is 13.5 Å². The van der Waals surface area contributed by atoms with Crippen LogP contribution in [-0.2, 0) is 16.4 Å². The van der Waals surface area contributed by atoms with Crippen molar-refractivity contribution in [1.29, 1.82) is 0 Å². The predicted octanol–water partition coefficient (Wildman–Crippen LogP) is 3.48. The highest BCUT2D eigenvalue weighted by atomic mass is 32.2. The molecule has 0 aliphatic heterocycles. The molecule has 0 amide bonds. The highest BCUT2D eigenvalue weighted by molar-refractivity contribution is 7.89. The minimum absolute atomic E-state index is 0.0570. The molecule has 1 heterocycles. The molecule has 1 atom stereocenters. The maximum Gasteiger partial charge on any atom is 0.240 e. The fraction of sp³-hybridized carbons (Fsp3) is 0.222. The van der Waals surface area contributed by atoms with E-state index < -0.39 is 16.1 Å². The maximum atomic E-state index is 12.3. The average molecular weight is 361 g/mol. The van der Waals surface area contributed by atoms with E-state index in [9.17, 15) is 13.5 Å². The number of fused-ring (bicyclic) bond motifs is 1. The fourth-order valence-electron chi connectivity index (χ4n) is 2.54. The third kappa shape index (κ3) is 3.52. The van der Waals surface area contributed by atoms with Crippen LogP contribution in [0.1, 0.15) is 24.2 Å². The first-order valence-electron chi connectivity index (χ1n) is 7.74. The summed E-state index contributed by atoms with van der Waals surface area (Å²) in [5, 5.41) is 13.2. The second kappa shape index (κ2) is 7.03. The van der Waals surface area contributed by atoms with E-state index in [1.807, 2.05) is 36.6 Å². The van der Waals surface area contributed by atoms with Crippen molar-refractivity contribution in [2.75, 3.05) is 6.54 Å². The quantitative estimate of drug-likeness (QED) is 0.706. The van der Waals surface area contributed by atoms with Gasteiger partial charge >= 0.3 is 0 Å². The lowest BCUT2D eigenvalue weighted by Crippen LogP contribution is -2.28. The number of aliphatic hydroxyl groups excluding tert-OH is 1. The standard InChI is InChI=1S/C18H19NO3S2/c1-2-13-7-9-14(10-8-13)24(21,22)19-11-17(20)16-12-23-18-6-4-3-5-15(16)18/h3-10,12,17,19-20H,2,11H2,1H3. The topological polar surface area (TPSA) is 66.4 Å². The number of hydrogen-bond acceptors (Lipinski definition) is 4. The zero-order valence-electron chi connectivity index (χ0n) is 13.3. The monoisotopic (exact) mass is 361 g/mol. The van der Waals surface area contributed by atoms with E-state index >= 15 is 0 Å². The number of rotatable bonds is 6. The summed E-state index contributed by atoms with van der Waals surface area (Å²) >= 11 is 1.54. The third-order valence-corrected chi connectivity index (χ3v) is 6.40. The van der Waals surface area contributed by atoms with Gasteiger partial charge in [0.05, 0.1) is 11.0 Å². The number of thiophene rings is 1. The van der Waals surface area contributed by atoms with E-state index in [0.29, 0.717) is 0 Å². The molecule has 6 heteroatoms. The number of hydrogen-bond donors (Lipinski definition) is 2. The molecule has 1 aromatic heterocycles. The minimum atomic E-state index is -3.63. The minimum Gasteiger partial charge on any atom is -0.387 e. The van der Waals surface area contributed by atoms with Crippen LogP contribution in [0.25, 0.3) is 10.1 Å². The summed E-state index contributed by atoms with van der Waals surface area (Å²) in [5.74, 6) is 0.